The fourth-order valence-corrected chi connectivity index (χ4v) is 3.74. The number of carbonyl (C=O) groups is 2. The molecule has 0 aliphatic carbocycles. The number of ketones is 1. The van der Waals surface area contributed by atoms with Gasteiger partial charge in [-0.15, -0.1) is 0 Å². The van der Waals surface area contributed by atoms with E-state index < -0.39 is 5.95 Å². The summed E-state index contributed by atoms with van der Waals surface area (Å²) < 4.78 is 13.3. The minimum Gasteiger partial charge on any atom is -0.367 e. The van der Waals surface area contributed by atoms with Crippen LogP contribution in [0.15, 0.2) is 55.0 Å². The van der Waals surface area contributed by atoms with E-state index in [1.807, 2.05) is 23.1 Å². The number of piperazine rings is 1. The Hall–Kier alpha value is -3.68. The molecular formula is C24H24FN5O2. The number of aromatic nitrogens is 3. The Labute approximate surface area is 185 Å². The number of nitrogens with zero attached hydrogens (tertiary/aromatic N) is 5. The predicted octanol–water partition coefficient (Wildman–Crippen LogP) is 2.70. The van der Waals surface area contributed by atoms with Crippen LogP contribution in [0.4, 0.5) is 10.1 Å². The first-order valence-corrected chi connectivity index (χ1v) is 10.5. The van der Waals surface area contributed by atoms with Crippen molar-refractivity contribution in [3.05, 3.63) is 72.2 Å². The SMILES string of the molecule is CC(=O)N1CCN(c2ccc(CC(=O)Cc3ccc(-c4ccnc(F)c4)nc3)nc2)CC1. The van der Waals surface area contributed by atoms with Crippen molar-refractivity contribution in [1.82, 2.24) is 19.9 Å². The standard InChI is InChI=1S/C24H24FN5O2/c1-17(31)29-8-10-30(11-9-29)21-4-3-20(27-16-21)14-22(32)12-18-2-5-23(28-15-18)19-6-7-26-24(25)13-19/h2-7,13,15-16H,8-12,14H2,1H3. The minimum atomic E-state index is -0.555. The van der Waals surface area contributed by atoms with Gasteiger partial charge in [0.2, 0.25) is 11.9 Å². The summed E-state index contributed by atoms with van der Waals surface area (Å²) in [7, 11) is 0. The molecule has 0 aromatic carbocycles. The number of pyridine rings is 3. The van der Waals surface area contributed by atoms with E-state index in [1.165, 1.54) is 12.3 Å². The van der Waals surface area contributed by atoms with Crippen molar-refractivity contribution in [1.29, 1.82) is 0 Å². The fraction of sp³-hybridized carbons (Fsp3) is 0.292. The van der Waals surface area contributed by atoms with Crippen LogP contribution in [0, 0.1) is 5.95 Å². The Morgan fingerprint density at radius 1 is 0.938 bits per heavy atom. The summed E-state index contributed by atoms with van der Waals surface area (Å²) in [5, 5.41) is 0. The van der Waals surface area contributed by atoms with Crippen LogP contribution in [-0.2, 0) is 22.4 Å². The molecule has 1 amide bonds. The third-order valence-corrected chi connectivity index (χ3v) is 5.53. The lowest BCUT2D eigenvalue weighted by molar-refractivity contribution is -0.129. The van der Waals surface area contributed by atoms with Crippen molar-refractivity contribution >= 4 is 17.4 Å². The van der Waals surface area contributed by atoms with Crippen LogP contribution >= 0.6 is 0 Å². The molecule has 4 rings (SSSR count). The van der Waals surface area contributed by atoms with Crippen molar-refractivity contribution in [3.8, 4) is 11.3 Å². The average Bonchev–Trinajstić information content (AvgIpc) is 2.80. The van der Waals surface area contributed by atoms with Crippen LogP contribution in [0.1, 0.15) is 18.2 Å². The molecule has 0 radical (unpaired) electrons. The molecular weight excluding hydrogens is 409 g/mol. The molecule has 164 valence electrons. The summed E-state index contributed by atoms with van der Waals surface area (Å²) in [5.74, 6) is -0.405. The van der Waals surface area contributed by atoms with E-state index in [-0.39, 0.29) is 24.5 Å². The van der Waals surface area contributed by atoms with Crippen LogP contribution in [0.3, 0.4) is 0 Å². The number of anilines is 1. The minimum absolute atomic E-state index is 0.0461. The van der Waals surface area contributed by atoms with Crippen molar-refractivity contribution in [2.45, 2.75) is 19.8 Å². The van der Waals surface area contributed by atoms with Crippen LogP contribution in [-0.4, -0.2) is 57.7 Å². The van der Waals surface area contributed by atoms with E-state index >= 15 is 0 Å². The Morgan fingerprint density at radius 2 is 1.75 bits per heavy atom. The Balaban J connectivity index is 1.31. The maximum Gasteiger partial charge on any atom is 0.219 e. The van der Waals surface area contributed by atoms with E-state index in [2.05, 4.69) is 19.9 Å². The molecule has 8 heteroatoms. The molecule has 32 heavy (non-hydrogen) atoms. The van der Waals surface area contributed by atoms with Gasteiger partial charge in [-0.1, -0.05) is 6.07 Å². The Morgan fingerprint density at radius 3 is 2.38 bits per heavy atom. The van der Waals surface area contributed by atoms with Gasteiger partial charge in [-0.3, -0.25) is 19.6 Å². The summed E-state index contributed by atoms with van der Waals surface area (Å²) in [6, 6.07) is 10.5. The van der Waals surface area contributed by atoms with Gasteiger partial charge in [0.05, 0.1) is 17.6 Å². The van der Waals surface area contributed by atoms with Gasteiger partial charge in [0, 0.05) is 75.7 Å². The number of amides is 1. The third kappa shape index (κ3) is 5.32. The van der Waals surface area contributed by atoms with Gasteiger partial charge in [-0.25, -0.2) is 4.98 Å². The molecule has 1 aliphatic heterocycles. The first-order chi connectivity index (χ1) is 15.5. The van der Waals surface area contributed by atoms with Gasteiger partial charge < -0.3 is 9.80 Å². The summed E-state index contributed by atoms with van der Waals surface area (Å²) in [6.45, 7) is 4.55. The topological polar surface area (TPSA) is 79.3 Å². The second-order valence-electron chi connectivity index (χ2n) is 7.81. The summed E-state index contributed by atoms with van der Waals surface area (Å²) >= 11 is 0. The van der Waals surface area contributed by atoms with E-state index in [0.29, 0.717) is 24.3 Å². The molecule has 0 N–H and O–H groups in total. The highest BCUT2D eigenvalue weighted by atomic mass is 19.1. The monoisotopic (exact) mass is 433 g/mol. The summed E-state index contributed by atoms with van der Waals surface area (Å²) in [5.41, 5.74) is 3.79. The predicted molar refractivity (Wildman–Crippen MR) is 119 cm³/mol. The lowest BCUT2D eigenvalue weighted by Gasteiger charge is -2.35. The molecule has 1 aliphatic rings. The molecule has 0 saturated carbocycles. The van der Waals surface area contributed by atoms with Crippen molar-refractivity contribution in [2.24, 2.45) is 0 Å². The maximum absolute atomic E-state index is 13.3. The zero-order chi connectivity index (χ0) is 22.5. The second-order valence-corrected chi connectivity index (χ2v) is 7.81. The molecule has 4 heterocycles. The highest BCUT2D eigenvalue weighted by Gasteiger charge is 2.19. The first kappa shape index (κ1) is 21.5. The molecule has 0 spiro atoms. The molecule has 1 saturated heterocycles. The number of hydrogen-bond donors (Lipinski definition) is 0. The van der Waals surface area contributed by atoms with E-state index in [4.69, 9.17) is 0 Å². The number of hydrogen-bond acceptors (Lipinski definition) is 6. The van der Waals surface area contributed by atoms with Crippen LogP contribution < -0.4 is 4.90 Å². The molecule has 3 aromatic heterocycles. The zero-order valence-corrected chi connectivity index (χ0v) is 17.9. The van der Waals surface area contributed by atoms with Crippen LogP contribution in [0.5, 0.6) is 0 Å². The number of Topliss-reactive ketones (excluding diaryl/α,β-unsaturated/α-hetero) is 1. The van der Waals surface area contributed by atoms with Gasteiger partial charge in [0.25, 0.3) is 0 Å². The van der Waals surface area contributed by atoms with E-state index in [0.717, 1.165) is 30.0 Å². The van der Waals surface area contributed by atoms with Crippen LogP contribution in [0.2, 0.25) is 0 Å². The number of rotatable bonds is 6. The highest BCUT2D eigenvalue weighted by Crippen LogP contribution is 2.18. The molecule has 0 atom stereocenters. The molecule has 1 fully saturated rings. The highest BCUT2D eigenvalue weighted by molar-refractivity contribution is 5.82. The maximum atomic E-state index is 13.3. The third-order valence-electron chi connectivity index (χ3n) is 5.53. The average molecular weight is 433 g/mol. The van der Waals surface area contributed by atoms with Crippen molar-refractivity contribution in [3.63, 3.8) is 0 Å². The van der Waals surface area contributed by atoms with Crippen LogP contribution in [0.25, 0.3) is 11.3 Å². The van der Waals surface area contributed by atoms with Gasteiger partial charge >= 0.3 is 0 Å². The quantitative estimate of drug-likeness (QED) is 0.556. The number of halogens is 1. The lowest BCUT2D eigenvalue weighted by atomic mass is 10.1. The Bertz CT molecular complexity index is 1090. The molecule has 0 unspecified atom stereocenters. The van der Waals surface area contributed by atoms with Gasteiger partial charge in [-0.2, -0.15) is 4.39 Å². The molecule has 3 aromatic rings. The Kier molecular flexibility index (Phi) is 6.49. The first-order valence-electron chi connectivity index (χ1n) is 10.5. The normalized spacial score (nSPS) is 13.8. The lowest BCUT2D eigenvalue weighted by Crippen LogP contribution is -2.48. The molecule has 7 nitrogen and oxygen atoms in total. The van der Waals surface area contributed by atoms with Gasteiger partial charge in [-0.05, 0) is 29.8 Å². The fourth-order valence-electron chi connectivity index (χ4n) is 3.74. The van der Waals surface area contributed by atoms with E-state index in [9.17, 15) is 14.0 Å². The zero-order valence-electron chi connectivity index (χ0n) is 17.9. The van der Waals surface area contributed by atoms with Gasteiger partial charge in [0.1, 0.15) is 5.78 Å². The smallest absolute Gasteiger partial charge is 0.219 e. The van der Waals surface area contributed by atoms with E-state index in [1.54, 1.807) is 31.5 Å². The molecule has 0 bridgehead atoms. The summed E-state index contributed by atoms with van der Waals surface area (Å²) in [6.07, 6.45) is 5.33. The van der Waals surface area contributed by atoms with Crippen molar-refractivity contribution in [2.75, 3.05) is 31.1 Å². The van der Waals surface area contributed by atoms with Crippen molar-refractivity contribution < 1.29 is 14.0 Å². The van der Waals surface area contributed by atoms with Gasteiger partial charge in [0.15, 0.2) is 0 Å². The largest absolute Gasteiger partial charge is 0.367 e. The number of carbonyl (C=O) groups excluding carboxylic acids is 2. The second kappa shape index (κ2) is 9.64. The summed E-state index contributed by atoms with van der Waals surface area (Å²) in [4.78, 5) is 40.3.